The molecule has 0 fully saturated rings. The molecular weight excluding hydrogens is 386 g/mol. The van der Waals surface area contributed by atoms with Gasteiger partial charge >= 0.3 is 0 Å². The minimum absolute atomic E-state index is 0.0906. The molecule has 4 aromatic carbocycles. The van der Waals surface area contributed by atoms with E-state index in [2.05, 4.69) is 36.4 Å². The van der Waals surface area contributed by atoms with E-state index in [1.165, 1.54) is 0 Å². The molecule has 0 N–H and O–H groups in total. The molecule has 1 aliphatic carbocycles. The maximum atomic E-state index is 11.7. The molecular formula is C27H21NO3. The lowest BCUT2D eigenvalue weighted by molar-refractivity contribution is -0.384. The molecule has 4 nitrogen and oxygen atoms in total. The van der Waals surface area contributed by atoms with Crippen molar-refractivity contribution in [2.24, 2.45) is 0 Å². The van der Waals surface area contributed by atoms with Gasteiger partial charge in [-0.05, 0) is 58.5 Å². The first-order valence-electron chi connectivity index (χ1n) is 10.3. The molecule has 0 aromatic heterocycles. The van der Waals surface area contributed by atoms with Gasteiger partial charge in [-0.2, -0.15) is 0 Å². The molecule has 4 heteroatoms. The van der Waals surface area contributed by atoms with Crippen molar-refractivity contribution in [3.05, 3.63) is 129 Å². The Morgan fingerprint density at radius 3 is 1.87 bits per heavy atom. The quantitative estimate of drug-likeness (QED) is 0.252. The van der Waals surface area contributed by atoms with E-state index in [0.717, 1.165) is 39.1 Å². The van der Waals surface area contributed by atoms with E-state index in [4.69, 9.17) is 4.74 Å². The van der Waals surface area contributed by atoms with Gasteiger partial charge in [-0.1, -0.05) is 66.7 Å². The fourth-order valence-electron chi connectivity index (χ4n) is 4.83. The monoisotopic (exact) mass is 407 g/mol. The Bertz CT molecular complexity index is 1230. The van der Waals surface area contributed by atoms with Crippen LogP contribution < -0.4 is 4.74 Å². The number of nitro groups is 1. The van der Waals surface area contributed by atoms with E-state index in [1.54, 1.807) is 12.1 Å². The van der Waals surface area contributed by atoms with Crippen molar-refractivity contribution < 1.29 is 9.66 Å². The van der Waals surface area contributed by atoms with Crippen LogP contribution in [0.1, 0.15) is 29.2 Å². The lowest BCUT2D eigenvalue weighted by Crippen LogP contribution is -2.28. The number of rotatable bonds is 5. The molecule has 152 valence electrons. The number of fused-ring (bicyclic) bond motifs is 3. The third-order valence-corrected chi connectivity index (χ3v) is 6.03. The van der Waals surface area contributed by atoms with Gasteiger partial charge in [-0.15, -0.1) is 0 Å². The predicted molar refractivity (Wildman–Crippen MR) is 122 cm³/mol. The molecule has 0 heterocycles. The normalized spacial score (nSPS) is 13.3. The Labute approximate surface area is 180 Å². The molecule has 0 saturated carbocycles. The minimum atomic E-state index is -0.674. The van der Waals surface area contributed by atoms with Gasteiger partial charge in [-0.3, -0.25) is 10.1 Å². The van der Waals surface area contributed by atoms with Crippen LogP contribution in [0.2, 0.25) is 0 Å². The van der Waals surface area contributed by atoms with Crippen LogP contribution >= 0.6 is 0 Å². The van der Waals surface area contributed by atoms with Crippen LogP contribution in [0.3, 0.4) is 0 Å². The molecule has 4 aromatic rings. The van der Waals surface area contributed by atoms with Gasteiger partial charge in [0.2, 0.25) is 0 Å². The highest BCUT2D eigenvalue weighted by Gasteiger charge is 2.47. The van der Waals surface area contributed by atoms with Gasteiger partial charge in [0.05, 0.1) is 16.9 Å². The number of nitrogens with zero attached hydrogens (tertiary/aromatic N) is 1. The molecule has 1 aliphatic rings. The van der Waals surface area contributed by atoms with E-state index in [-0.39, 0.29) is 10.6 Å². The van der Waals surface area contributed by atoms with E-state index in [9.17, 15) is 10.1 Å². The molecule has 0 radical (unpaired) electrons. The summed E-state index contributed by atoms with van der Waals surface area (Å²) in [7, 11) is 0. The minimum Gasteiger partial charge on any atom is -0.494 e. The van der Waals surface area contributed by atoms with Crippen LogP contribution in [0.4, 0.5) is 5.69 Å². The first kappa shape index (κ1) is 19.1. The van der Waals surface area contributed by atoms with Crippen LogP contribution in [0, 0.1) is 10.1 Å². The third-order valence-electron chi connectivity index (χ3n) is 6.03. The zero-order valence-electron chi connectivity index (χ0n) is 17.1. The number of ether oxygens (including phenoxy) is 1. The highest BCUT2D eigenvalue weighted by atomic mass is 16.6. The Kier molecular flexibility index (Phi) is 4.55. The second-order valence-corrected chi connectivity index (χ2v) is 7.61. The van der Waals surface area contributed by atoms with Crippen LogP contribution in [-0.2, 0) is 5.41 Å². The number of non-ortho nitro benzene ring substituents is 1. The first-order chi connectivity index (χ1) is 15.2. The molecule has 0 unspecified atom stereocenters. The summed E-state index contributed by atoms with van der Waals surface area (Å²) in [6.45, 7) is 2.54. The maximum Gasteiger partial charge on any atom is 0.269 e. The number of nitro benzene ring substituents is 1. The van der Waals surface area contributed by atoms with Crippen LogP contribution in [0.5, 0.6) is 5.75 Å². The summed E-state index contributed by atoms with van der Waals surface area (Å²) in [6.07, 6.45) is 0. The largest absolute Gasteiger partial charge is 0.494 e. The molecule has 0 atom stereocenters. The van der Waals surface area contributed by atoms with Crippen LogP contribution in [0.25, 0.3) is 11.1 Å². The Morgan fingerprint density at radius 2 is 1.32 bits per heavy atom. The third kappa shape index (κ3) is 2.83. The summed E-state index contributed by atoms with van der Waals surface area (Å²) >= 11 is 0. The zero-order chi connectivity index (χ0) is 21.4. The van der Waals surface area contributed by atoms with Crippen molar-refractivity contribution in [3.63, 3.8) is 0 Å². The van der Waals surface area contributed by atoms with Crippen molar-refractivity contribution in [2.75, 3.05) is 6.61 Å². The van der Waals surface area contributed by atoms with Gasteiger partial charge < -0.3 is 4.74 Å². The summed E-state index contributed by atoms with van der Waals surface area (Å²) in [4.78, 5) is 11.4. The number of hydrogen-bond donors (Lipinski definition) is 0. The van der Waals surface area contributed by atoms with Gasteiger partial charge in [0.15, 0.2) is 0 Å². The Morgan fingerprint density at radius 1 is 0.774 bits per heavy atom. The second kappa shape index (κ2) is 7.40. The van der Waals surface area contributed by atoms with Crippen LogP contribution in [-0.4, -0.2) is 11.5 Å². The average Bonchev–Trinajstić information content (AvgIpc) is 3.10. The molecule has 31 heavy (non-hydrogen) atoms. The lowest BCUT2D eigenvalue weighted by Gasteiger charge is -2.33. The summed E-state index contributed by atoms with van der Waals surface area (Å²) in [5.41, 5.74) is 5.62. The molecule has 0 spiro atoms. The Balaban J connectivity index is 1.94. The average molecular weight is 407 g/mol. The zero-order valence-corrected chi connectivity index (χ0v) is 17.1. The highest BCUT2D eigenvalue weighted by molar-refractivity contribution is 5.87. The molecule has 0 saturated heterocycles. The SMILES string of the molecule is CCOc1ccc2c(c1)C(c1ccccc1)(c1ccccc1)c1cc([N+](=O)[O-])ccc1-2. The van der Waals surface area contributed by atoms with Gasteiger partial charge in [-0.25, -0.2) is 0 Å². The fraction of sp³-hybridized carbons (Fsp3) is 0.111. The predicted octanol–water partition coefficient (Wildman–Crippen LogP) is 6.36. The fourth-order valence-corrected chi connectivity index (χ4v) is 4.83. The molecule has 0 bridgehead atoms. The summed E-state index contributed by atoms with van der Waals surface area (Å²) in [6, 6.07) is 31.7. The smallest absolute Gasteiger partial charge is 0.269 e. The van der Waals surface area contributed by atoms with E-state index < -0.39 is 5.41 Å². The van der Waals surface area contributed by atoms with E-state index in [1.807, 2.05) is 55.5 Å². The second-order valence-electron chi connectivity index (χ2n) is 7.61. The van der Waals surface area contributed by atoms with E-state index in [0.29, 0.717) is 6.61 Å². The van der Waals surface area contributed by atoms with Crippen molar-refractivity contribution in [1.29, 1.82) is 0 Å². The molecule has 0 aliphatic heterocycles. The van der Waals surface area contributed by atoms with E-state index >= 15 is 0 Å². The number of benzene rings is 4. The Hall–Kier alpha value is -3.92. The standard InChI is InChI=1S/C27H21NO3/c1-2-31-22-14-16-24-23-15-13-21(28(29)30)17-25(23)27(26(24)18-22,19-9-5-3-6-10-19)20-11-7-4-8-12-20/h3-18H,2H2,1H3. The van der Waals surface area contributed by atoms with Crippen molar-refractivity contribution >= 4 is 5.69 Å². The molecule has 5 rings (SSSR count). The lowest BCUT2D eigenvalue weighted by atomic mass is 9.67. The maximum absolute atomic E-state index is 11.7. The summed E-state index contributed by atoms with van der Waals surface area (Å²) < 4.78 is 5.85. The van der Waals surface area contributed by atoms with Crippen molar-refractivity contribution in [2.45, 2.75) is 12.3 Å². The first-order valence-corrected chi connectivity index (χ1v) is 10.3. The summed E-state index contributed by atoms with van der Waals surface area (Å²) in [5, 5.41) is 11.7. The van der Waals surface area contributed by atoms with Crippen LogP contribution in [0.15, 0.2) is 97.1 Å². The van der Waals surface area contributed by atoms with Crippen molar-refractivity contribution in [3.8, 4) is 16.9 Å². The highest BCUT2D eigenvalue weighted by Crippen LogP contribution is 2.57. The van der Waals surface area contributed by atoms with Crippen molar-refractivity contribution in [1.82, 2.24) is 0 Å². The molecule has 0 amide bonds. The number of hydrogen-bond acceptors (Lipinski definition) is 3. The van der Waals surface area contributed by atoms with Gasteiger partial charge in [0.1, 0.15) is 5.75 Å². The van der Waals surface area contributed by atoms with Gasteiger partial charge in [0, 0.05) is 12.1 Å². The topological polar surface area (TPSA) is 52.4 Å². The van der Waals surface area contributed by atoms with Gasteiger partial charge in [0.25, 0.3) is 5.69 Å². The summed E-state index contributed by atoms with van der Waals surface area (Å²) in [5.74, 6) is 0.791.